The van der Waals surface area contributed by atoms with Crippen molar-refractivity contribution in [1.82, 2.24) is 4.98 Å². The highest BCUT2D eigenvalue weighted by Gasteiger charge is 2.18. The molecule has 80 valence electrons. The van der Waals surface area contributed by atoms with E-state index in [1.54, 1.807) is 0 Å². The largest absolute Gasteiger partial charge is 0.357 e. The van der Waals surface area contributed by atoms with Gasteiger partial charge in [-0.2, -0.15) is 5.26 Å². The number of nitrogens with zero attached hydrogens (tertiary/aromatic N) is 2. The number of rotatable bonds is 1. The number of H-pyrrole nitrogens is 1. The summed E-state index contributed by atoms with van der Waals surface area (Å²) in [5.41, 5.74) is 3.04. The maximum absolute atomic E-state index is 9.15. The fourth-order valence-corrected chi connectivity index (χ4v) is 2.19. The summed E-state index contributed by atoms with van der Waals surface area (Å²) in [6, 6.07) is 2.31. The molecule has 0 aromatic carbocycles. The molecule has 2 heterocycles. The number of hydrogen-bond acceptors (Lipinski definition) is 2. The van der Waals surface area contributed by atoms with E-state index >= 15 is 0 Å². The first kappa shape index (κ1) is 10.1. The van der Waals surface area contributed by atoms with E-state index in [-0.39, 0.29) is 0 Å². The van der Waals surface area contributed by atoms with Crippen molar-refractivity contribution in [1.29, 1.82) is 5.26 Å². The predicted molar refractivity (Wildman–Crippen MR) is 61.0 cm³/mol. The molecule has 0 aliphatic carbocycles. The quantitative estimate of drug-likeness (QED) is 0.762. The zero-order valence-electron chi connectivity index (χ0n) is 9.43. The summed E-state index contributed by atoms with van der Waals surface area (Å²) in [5, 5.41) is 9.15. The lowest BCUT2D eigenvalue weighted by Gasteiger charge is -2.27. The molecule has 1 fully saturated rings. The molecule has 0 spiro atoms. The molecular formula is C12H17N3. The minimum absolute atomic E-state index is 0.828. The molecule has 3 heteroatoms. The van der Waals surface area contributed by atoms with Gasteiger partial charge in [0.15, 0.2) is 0 Å². The van der Waals surface area contributed by atoms with E-state index in [4.69, 9.17) is 5.26 Å². The lowest BCUT2D eigenvalue weighted by Crippen LogP contribution is -2.30. The molecule has 0 bridgehead atoms. The molecule has 0 atom stereocenters. The van der Waals surface area contributed by atoms with E-state index < -0.39 is 0 Å². The van der Waals surface area contributed by atoms with Gasteiger partial charge in [-0.25, -0.2) is 0 Å². The molecule has 1 aliphatic heterocycles. The van der Waals surface area contributed by atoms with Crippen molar-refractivity contribution >= 4 is 5.82 Å². The number of hydrogen-bond donors (Lipinski definition) is 1. The molecule has 0 amide bonds. The summed E-state index contributed by atoms with van der Waals surface area (Å²) in [5.74, 6) is 1.03. The lowest BCUT2D eigenvalue weighted by molar-refractivity contribution is 0.574. The van der Waals surface area contributed by atoms with Crippen LogP contribution < -0.4 is 4.90 Å². The Morgan fingerprint density at radius 3 is 2.47 bits per heavy atom. The van der Waals surface area contributed by atoms with Crippen molar-refractivity contribution in [2.45, 2.75) is 33.1 Å². The van der Waals surface area contributed by atoms with Crippen LogP contribution in [0.15, 0.2) is 0 Å². The second kappa shape index (κ2) is 3.98. The normalized spacial score (nSPS) is 16.5. The third-order valence-electron chi connectivity index (χ3n) is 3.26. The summed E-state index contributed by atoms with van der Waals surface area (Å²) < 4.78 is 0. The van der Waals surface area contributed by atoms with Gasteiger partial charge in [0.2, 0.25) is 0 Å². The van der Waals surface area contributed by atoms with Crippen LogP contribution in [-0.2, 0) is 0 Å². The molecule has 0 unspecified atom stereocenters. The van der Waals surface area contributed by atoms with Crippen LogP contribution in [0, 0.1) is 25.2 Å². The zero-order valence-corrected chi connectivity index (χ0v) is 9.43. The Kier molecular flexibility index (Phi) is 2.68. The van der Waals surface area contributed by atoms with Crippen molar-refractivity contribution in [3.8, 4) is 6.07 Å². The van der Waals surface area contributed by atoms with E-state index in [0.29, 0.717) is 0 Å². The minimum atomic E-state index is 0.828. The van der Waals surface area contributed by atoms with Crippen molar-refractivity contribution < 1.29 is 0 Å². The van der Waals surface area contributed by atoms with Crippen LogP contribution >= 0.6 is 0 Å². The van der Waals surface area contributed by atoms with E-state index in [2.05, 4.69) is 16.0 Å². The van der Waals surface area contributed by atoms with Crippen LogP contribution in [0.5, 0.6) is 0 Å². The van der Waals surface area contributed by atoms with Gasteiger partial charge in [0.1, 0.15) is 11.9 Å². The van der Waals surface area contributed by atoms with E-state index in [9.17, 15) is 0 Å². The van der Waals surface area contributed by atoms with Crippen molar-refractivity contribution in [2.75, 3.05) is 18.0 Å². The number of nitriles is 1. The van der Waals surface area contributed by atoms with Crippen molar-refractivity contribution in [3.05, 3.63) is 16.8 Å². The summed E-state index contributed by atoms with van der Waals surface area (Å²) >= 11 is 0. The highest BCUT2D eigenvalue weighted by Crippen LogP contribution is 2.27. The Balaban J connectivity index is 2.35. The molecule has 15 heavy (non-hydrogen) atoms. The van der Waals surface area contributed by atoms with Crippen LogP contribution in [0.2, 0.25) is 0 Å². The lowest BCUT2D eigenvalue weighted by atomic mass is 10.1. The van der Waals surface area contributed by atoms with Gasteiger partial charge in [-0.3, -0.25) is 0 Å². The SMILES string of the molecule is Cc1[nH]c(N2CCCCC2)c(C#N)c1C. The monoisotopic (exact) mass is 203 g/mol. The molecule has 1 aromatic rings. The fraction of sp³-hybridized carbons (Fsp3) is 0.583. The number of aryl methyl sites for hydroxylation is 1. The van der Waals surface area contributed by atoms with Gasteiger partial charge in [0.05, 0.1) is 5.56 Å². The third-order valence-corrected chi connectivity index (χ3v) is 3.26. The molecule has 1 saturated heterocycles. The maximum atomic E-state index is 9.15. The van der Waals surface area contributed by atoms with Crippen LogP contribution in [0.1, 0.15) is 36.1 Å². The Morgan fingerprint density at radius 2 is 1.87 bits per heavy atom. The molecule has 1 N–H and O–H groups in total. The van der Waals surface area contributed by atoms with Crippen molar-refractivity contribution in [2.24, 2.45) is 0 Å². The van der Waals surface area contributed by atoms with E-state index in [1.807, 2.05) is 13.8 Å². The van der Waals surface area contributed by atoms with Gasteiger partial charge in [-0.05, 0) is 38.7 Å². The molecule has 3 nitrogen and oxygen atoms in total. The molecular weight excluding hydrogens is 186 g/mol. The van der Waals surface area contributed by atoms with Gasteiger partial charge < -0.3 is 9.88 Å². The van der Waals surface area contributed by atoms with Crippen LogP contribution in [0.4, 0.5) is 5.82 Å². The fourth-order valence-electron chi connectivity index (χ4n) is 2.19. The van der Waals surface area contributed by atoms with Gasteiger partial charge >= 0.3 is 0 Å². The van der Waals surface area contributed by atoms with Crippen molar-refractivity contribution in [3.63, 3.8) is 0 Å². The first-order valence-corrected chi connectivity index (χ1v) is 5.58. The van der Waals surface area contributed by atoms with Crippen LogP contribution in [0.3, 0.4) is 0 Å². The highest BCUT2D eigenvalue weighted by atomic mass is 15.2. The standard InChI is InChI=1S/C12H17N3/c1-9-10(2)14-12(11(9)8-13)15-6-4-3-5-7-15/h14H,3-7H2,1-2H3. The number of aromatic amines is 1. The van der Waals surface area contributed by atoms with Gasteiger partial charge in [-0.15, -0.1) is 0 Å². The van der Waals surface area contributed by atoms with Gasteiger partial charge in [0.25, 0.3) is 0 Å². The molecule has 0 radical (unpaired) electrons. The third kappa shape index (κ3) is 1.72. The van der Waals surface area contributed by atoms with Gasteiger partial charge in [0, 0.05) is 18.8 Å². The Morgan fingerprint density at radius 1 is 1.20 bits per heavy atom. The molecule has 0 saturated carbocycles. The Bertz CT molecular complexity index is 392. The summed E-state index contributed by atoms with van der Waals surface area (Å²) in [4.78, 5) is 5.64. The number of anilines is 1. The predicted octanol–water partition coefficient (Wildman–Crippen LogP) is 2.49. The summed E-state index contributed by atoms with van der Waals surface area (Å²) in [6.45, 7) is 6.20. The highest BCUT2D eigenvalue weighted by molar-refractivity contribution is 5.60. The number of nitrogens with one attached hydrogen (secondary N) is 1. The second-order valence-corrected chi connectivity index (χ2v) is 4.26. The smallest absolute Gasteiger partial charge is 0.124 e. The van der Waals surface area contributed by atoms with Crippen LogP contribution in [0.25, 0.3) is 0 Å². The average Bonchev–Trinajstić information content (AvgIpc) is 2.56. The Hall–Kier alpha value is -1.43. The van der Waals surface area contributed by atoms with E-state index in [1.165, 1.54) is 19.3 Å². The number of piperidine rings is 1. The van der Waals surface area contributed by atoms with Crippen LogP contribution in [-0.4, -0.2) is 18.1 Å². The molecule has 1 aliphatic rings. The minimum Gasteiger partial charge on any atom is -0.357 e. The summed E-state index contributed by atoms with van der Waals surface area (Å²) in [7, 11) is 0. The molecule has 2 rings (SSSR count). The first-order valence-electron chi connectivity index (χ1n) is 5.58. The number of aromatic nitrogens is 1. The topological polar surface area (TPSA) is 42.8 Å². The average molecular weight is 203 g/mol. The van der Waals surface area contributed by atoms with Gasteiger partial charge in [-0.1, -0.05) is 0 Å². The second-order valence-electron chi connectivity index (χ2n) is 4.26. The maximum Gasteiger partial charge on any atom is 0.124 e. The van der Waals surface area contributed by atoms with E-state index in [0.717, 1.165) is 35.7 Å². The Labute approximate surface area is 90.7 Å². The zero-order chi connectivity index (χ0) is 10.8. The summed E-state index contributed by atoms with van der Waals surface area (Å²) in [6.07, 6.45) is 3.79. The first-order chi connectivity index (χ1) is 7.24. The molecule has 1 aromatic heterocycles.